The molecule has 208 valence electrons. The number of nitrogens with zero attached hydrogens (tertiary/aromatic N) is 4. The SMILES string of the molecule is c1ccc(-c2ccc(Nc3ccc4c(c3)c3ccccc3n4-c3nc(-c4ccccc4)nc(-c4ccccc4)n3)cc2)cc1. The Morgan fingerprint density at radius 1 is 0.386 bits per heavy atom. The Labute approximate surface area is 255 Å². The highest BCUT2D eigenvalue weighted by Gasteiger charge is 2.18. The van der Waals surface area contributed by atoms with Gasteiger partial charge in [-0.25, -0.2) is 4.98 Å². The first-order chi connectivity index (χ1) is 21.8. The van der Waals surface area contributed by atoms with Crippen LogP contribution in [0.15, 0.2) is 158 Å². The summed E-state index contributed by atoms with van der Waals surface area (Å²) in [6.45, 7) is 0. The third kappa shape index (κ3) is 4.76. The number of aromatic nitrogens is 4. The molecule has 0 amide bonds. The van der Waals surface area contributed by atoms with E-state index in [4.69, 9.17) is 15.0 Å². The van der Waals surface area contributed by atoms with E-state index in [0.717, 1.165) is 44.3 Å². The molecule has 0 aliphatic carbocycles. The molecule has 8 rings (SSSR count). The average Bonchev–Trinajstić information content (AvgIpc) is 3.43. The average molecular weight is 566 g/mol. The van der Waals surface area contributed by atoms with Crippen LogP contribution in [0.5, 0.6) is 0 Å². The molecule has 0 atom stereocenters. The van der Waals surface area contributed by atoms with Crippen molar-refractivity contribution in [1.29, 1.82) is 0 Å². The number of nitrogens with one attached hydrogen (secondary N) is 1. The van der Waals surface area contributed by atoms with Gasteiger partial charge in [0.05, 0.1) is 11.0 Å². The molecule has 0 radical (unpaired) electrons. The van der Waals surface area contributed by atoms with Crippen molar-refractivity contribution in [1.82, 2.24) is 19.5 Å². The van der Waals surface area contributed by atoms with Gasteiger partial charge in [0, 0.05) is 33.3 Å². The Kier molecular flexibility index (Phi) is 6.39. The standard InChI is InChI=1S/C39H27N5/c1-4-12-27(13-5-1)28-20-22-31(23-21-28)40-32-24-25-36-34(26-32)33-18-10-11-19-35(33)44(36)39-42-37(29-14-6-2-7-15-29)41-38(43-39)30-16-8-3-9-17-30/h1-26,40H. The van der Waals surface area contributed by atoms with E-state index in [9.17, 15) is 0 Å². The predicted molar refractivity (Wildman–Crippen MR) is 180 cm³/mol. The Morgan fingerprint density at radius 2 is 0.886 bits per heavy atom. The summed E-state index contributed by atoms with van der Waals surface area (Å²) in [6, 6.07) is 54.0. The molecule has 0 aliphatic heterocycles. The van der Waals surface area contributed by atoms with Crippen LogP contribution in [0.1, 0.15) is 0 Å². The smallest absolute Gasteiger partial charge is 0.238 e. The fourth-order valence-corrected chi connectivity index (χ4v) is 5.71. The van der Waals surface area contributed by atoms with Crippen molar-refractivity contribution in [2.24, 2.45) is 0 Å². The van der Waals surface area contributed by atoms with Crippen molar-refractivity contribution < 1.29 is 0 Å². The van der Waals surface area contributed by atoms with Gasteiger partial charge in [-0.15, -0.1) is 0 Å². The highest BCUT2D eigenvalue weighted by Crippen LogP contribution is 2.34. The molecule has 0 spiro atoms. The van der Waals surface area contributed by atoms with Gasteiger partial charge in [-0.3, -0.25) is 4.57 Å². The lowest BCUT2D eigenvalue weighted by Crippen LogP contribution is -2.06. The first kappa shape index (κ1) is 25.6. The van der Waals surface area contributed by atoms with E-state index >= 15 is 0 Å². The summed E-state index contributed by atoms with van der Waals surface area (Å²) in [4.78, 5) is 14.9. The summed E-state index contributed by atoms with van der Waals surface area (Å²) in [5.41, 5.74) is 8.40. The van der Waals surface area contributed by atoms with Gasteiger partial charge in [-0.1, -0.05) is 121 Å². The maximum absolute atomic E-state index is 5.02. The summed E-state index contributed by atoms with van der Waals surface area (Å²) < 4.78 is 2.14. The molecule has 1 N–H and O–H groups in total. The van der Waals surface area contributed by atoms with Crippen LogP contribution in [0.4, 0.5) is 11.4 Å². The number of rotatable bonds is 6. The van der Waals surface area contributed by atoms with Crippen molar-refractivity contribution >= 4 is 33.2 Å². The van der Waals surface area contributed by atoms with Crippen molar-refractivity contribution in [3.05, 3.63) is 158 Å². The van der Waals surface area contributed by atoms with E-state index in [-0.39, 0.29) is 0 Å². The Hall–Kier alpha value is -6.07. The third-order valence-electron chi connectivity index (χ3n) is 7.84. The summed E-state index contributed by atoms with van der Waals surface area (Å²) >= 11 is 0. The second kappa shape index (κ2) is 11.0. The molecule has 0 unspecified atom stereocenters. The van der Waals surface area contributed by atoms with Crippen molar-refractivity contribution in [2.45, 2.75) is 0 Å². The minimum atomic E-state index is 0.584. The highest BCUT2D eigenvalue weighted by atomic mass is 15.2. The number of para-hydroxylation sites is 1. The van der Waals surface area contributed by atoms with Gasteiger partial charge in [0.2, 0.25) is 5.95 Å². The molecule has 44 heavy (non-hydrogen) atoms. The maximum atomic E-state index is 5.02. The van der Waals surface area contributed by atoms with Crippen molar-refractivity contribution in [3.63, 3.8) is 0 Å². The second-order valence-corrected chi connectivity index (χ2v) is 10.7. The van der Waals surface area contributed by atoms with E-state index in [0.29, 0.717) is 17.6 Å². The zero-order chi connectivity index (χ0) is 29.3. The van der Waals surface area contributed by atoms with Crippen LogP contribution in [-0.4, -0.2) is 19.5 Å². The van der Waals surface area contributed by atoms with Gasteiger partial charge in [0.15, 0.2) is 11.6 Å². The Morgan fingerprint density at radius 3 is 1.52 bits per heavy atom. The van der Waals surface area contributed by atoms with E-state index in [1.165, 1.54) is 11.1 Å². The normalized spacial score (nSPS) is 11.2. The number of anilines is 2. The molecule has 0 saturated carbocycles. The molecule has 0 saturated heterocycles. The predicted octanol–water partition coefficient (Wildman–Crippen LogP) is 9.71. The van der Waals surface area contributed by atoms with Gasteiger partial charge in [0.25, 0.3) is 0 Å². The van der Waals surface area contributed by atoms with Crippen LogP contribution in [0.3, 0.4) is 0 Å². The molecule has 6 aromatic carbocycles. The molecule has 8 aromatic rings. The number of benzene rings is 6. The van der Waals surface area contributed by atoms with Gasteiger partial charge < -0.3 is 5.32 Å². The lowest BCUT2D eigenvalue weighted by molar-refractivity contribution is 0.953. The number of fused-ring (bicyclic) bond motifs is 3. The van der Waals surface area contributed by atoms with Gasteiger partial charge in [-0.05, 0) is 47.5 Å². The summed E-state index contributed by atoms with van der Waals surface area (Å²) in [6.07, 6.45) is 0. The van der Waals surface area contributed by atoms with Crippen LogP contribution < -0.4 is 5.32 Å². The van der Waals surface area contributed by atoms with Gasteiger partial charge in [-0.2, -0.15) is 9.97 Å². The molecular weight excluding hydrogens is 538 g/mol. The fraction of sp³-hybridized carbons (Fsp3) is 0. The molecule has 5 heteroatoms. The summed E-state index contributed by atoms with van der Waals surface area (Å²) in [5, 5.41) is 5.85. The number of hydrogen-bond acceptors (Lipinski definition) is 4. The first-order valence-corrected chi connectivity index (χ1v) is 14.6. The van der Waals surface area contributed by atoms with Crippen LogP contribution in [0.25, 0.3) is 61.7 Å². The van der Waals surface area contributed by atoms with E-state index in [2.05, 4.69) is 101 Å². The largest absolute Gasteiger partial charge is 0.356 e. The zero-order valence-electron chi connectivity index (χ0n) is 23.8. The monoisotopic (exact) mass is 565 g/mol. The molecule has 0 bridgehead atoms. The van der Waals surface area contributed by atoms with Gasteiger partial charge >= 0.3 is 0 Å². The first-order valence-electron chi connectivity index (χ1n) is 14.6. The van der Waals surface area contributed by atoms with E-state index in [1.807, 2.05) is 66.7 Å². The highest BCUT2D eigenvalue weighted by molar-refractivity contribution is 6.10. The van der Waals surface area contributed by atoms with Crippen LogP contribution in [0.2, 0.25) is 0 Å². The quantitative estimate of drug-likeness (QED) is 0.218. The minimum absolute atomic E-state index is 0.584. The summed E-state index contributed by atoms with van der Waals surface area (Å²) in [5.74, 6) is 1.86. The molecule has 0 fully saturated rings. The molecule has 2 heterocycles. The molecular formula is C39H27N5. The molecule has 0 aliphatic rings. The van der Waals surface area contributed by atoms with Crippen molar-refractivity contribution in [3.8, 4) is 39.9 Å². The third-order valence-corrected chi connectivity index (χ3v) is 7.84. The van der Waals surface area contributed by atoms with Crippen molar-refractivity contribution in [2.75, 3.05) is 5.32 Å². The fourth-order valence-electron chi connectivity index (χ4n) is 5.71. The van der Waals surface area contributed by atoms with Crippen LogP contribution in [-0.2, 0) is 0 Å². The van der Waals surface area contributed by atoms with Crippen LogP contribution >= 0.6 is 0 Å². The van der Waals surface area contributed by atoms with Gasteiger partial charge in [0.1, 0.15) is 0 Å². The number of hydrogen-bond donors (Lipinski definition) is 1. The topological polar surface area (TPSA) is 55.6 Å². The van der Waals surface area contributed by atoms with E-state index < -0.39 is 0 Å². The lowest BCUT2D eigenvalue weighted by Gasteiger charge is -2.11. The molecule has 5 nitrogen and oxygen atoms in total. The maximum Gasteiger partial charge on any atom is 0.238 e. The van der Waals surface area contributed by atoms with Crippen LogP contribution in [0, 0.1) is 0 Å². The minimum Gasteiger partial charge on any atom is -0.356 e. The summed E-state index contributed by atoms with van der Waals surface area (Å²) in [7, 11) is 0. The Balaban J connectivity index is 1.24. The Bertz CT molecular complexity index is 2170. The molecule has 2 aromatic heterocycles. The van der Waals surface area contributed by atoms with E-state index in [1.54, 1.807) is 0 Å². The second-order valence-electron chi connectivity index (χ2n) is 10.7. The lowest BCUT2D eigenvalue weighted by atomic mass is 10.1. The zero-order valence-corrected chi connectivity index (χ0v) is 23.8.